The van der Waals surface area contributed by atoms with E-state index in [0.29, 0.717) is 0 Å². The summed E-state index contributed by atoms with van der Waals surface area (Å²) in [6.07, 6.45) is 0. The molecule has 0 fully saturated rings. The van der Waals surface area contributed by atoms with Crippen molar-refractivity contribution in [1.82, 2.24) is 0 Å². The summed E-state index contributed by atoms with van der Waals surface area (Å²) in [7, 11) is 1.00. The van der Waals surface area contributed by atoms with Gasteiger partial charge in [0.15, 0.2) is 0 Å². The van der Waals surface area contributed by atoms with Crippen LogP contribution < -0.4 is 3.27 Å². The molecule has 0 radical (unpaired) electrons. The van der Waals surface area contributed by atoms with Crippen molar-refractivity contribution in [1.29, 1.82) is 0 Å². The molecule has 4 heteroatoms. The third-order valence-corrected chi connectivity index (χ3v) is 3.92. The van der Waals surface area contributed by atoms with E-state index >= 15 is 0 Å². The molecule has 0 heterocycles. The van der Waals surface area contributed by atoms with Gasteiger partial charge >= 0.3 is 69.5 Å². The van der Waals surface area contributed by atoms with Crippen LogP contribution in [0.15, 0.2) is 59.1 Å². The van der Waals surface area contributed by atoms with Crippen LogP contribution in [0.4, 0.5) is 0 Å². The summed E-state index contributed by atoms with van der Waals surface area (Å²) < 4.78 is 2.53. The van der Waals surface area contributed by atoms with Crippen molar-refractivity contribution >= 4 is 43.9 Å². The second-order valence-electron chi connectivity index (χ2n) is 3.20. The van der Waals surface area contributed by atoms with E-state index < -0.39 is 0 Å². The summed E-state index contributed by atoms with van der Waals surface area (Å²) in [4.78, 5) is 0. The van der Waals surface area contributed by atoms with Gasteiger partial charge in [-0.2, -0.15) is 0 Å². The average Bonchev–Trinajstić information content (AvgIpc) is 2.43. The molecular formula is C14H18BiBrO2. The van der Waals surface area contributed by atoms with E-state index in [1.54, 1.807) is 0 Å². The third kappa shape index (κ3) is 8.76. The number of benzene rings is 2. The number of halogens is 1. The van der Waals surface area contributed by atoms with Crippen molar-refractivity contribution in [3.8, 4) is 0 Å². The molecule has 0 spiro atoms. The molecule has 0 unspecified atom stereocenters. The van der Waals surface area contributed by atoms with E-state index in [4.69, 9.17) is 10.2 Å². The molecule has 2 aromatic rings. The zero-order valence-electron chi connectivity index (χ0n) is 10.3. The van der Waals surface area contributed by atoms with Crippen LogP contribution >= 0.6 is 15.9 Å². The maximum atomic E-state index is 8.64. The van der Waals surface area contributed by atoms with E-state index in [-0.39, 0.29) is 6.61 Å². The van der Waals surface area contributed by atoms with E-state index in [9.17, 15) is 0 Å². The topological polar surface area (TPSA) is 40.5 Å². The summed E-state index contributed by atoms with van der Waals surface area (Å²) in [5.74, 6) is 0. The Morgan fingerprint density at radius 3 is 1.78 bits per heavy atom. The molecule has 2 nitrogen and oxygen atoms in total. The Morgan fingerprint density at radius 2 is 1.44 bits per heavy atom. The van der Waals surface area contributed by atoms with Crippen LogP contribution in [0.5, 0.6) is 0 Å². The van der Waals surface area contributed by atoms with Gasteiger partial charge in [-0.05, 0) is 12.1 Å². The Hall–Kier alpha value is -0.277. The van der Waals surface area contributed by atoms with E-state index in [2.05, 4.69) is 28.1 Å². The van der Waals surface area contributed by atoms with Crippen molar-refractivity contribution in [2.45, 2.75) is 6.61 Å². The van der Waals surface area contributed by atoms with Crippen molar-refractivity contribution < 1.29 is 10.2 Å². The van der Waals surface area contributed by atoms with Crippen LogP contribution in [0.3, 0.4) is 0 Å². The van der Waals surface area contributed by atoms with Gasteiger partial charge < -0.3 is 5.11 Å². The predicted molar refractivity (Wildman–Crippen MR) is 82.8 cm³/mol. The van der Waals surface area contributed by atoms with Gasteiger partial charge in [0.1, 0.15) is 0 Å². The second-order valence-corrected chi connectivity index (χ2v) is 6.70. The predicted octanol–water partition coefficient (Wildman–Crippen LogP) is 1.49. The van der Waals surface area contributed by atoms with Crippen molar-refractivity contribution in [2.24, 2.45) is 0 Å². The number of rotatable bonds is 1. The summed E-state index contributed by atoms with van der Waals surface area (Å²) in [6, 6.07) is 18.0. The monoisotopic (exact) mass is 506 g/mol. The van der Waals surface area contributed by atoms with E-state index in [1.807, 2.05) is 42.5 Å². The van der Waals surface area contributed by atoms with Gasteiger partial charge in [0.2, 0.25) is 0 Å². The molecule has 0 aliphatic heterocycles. The Morgan fingerprint density at radius 1 is 0.944 bits per heavy atom. The molecule has 0 aromatic heterocycles. The number of hydrogen-bond acceptors (Lipinski definition) is 2. The number of aliphatic hydroxyl groups is 2. The van der Waals surface area contributed by atoms with Crippen LogP contribution in [0, 0.1) is 0 Å². The minimum atomic E-state index is 0.158. The molecule has 2 aromatic carbocycles. The zero-order chi connectivity index (χ0) is 13.8. The van der Waals surface area contributed by atoms with Gasteiger partial charge in [0.05, 0.1) is 0 Å². The number of aliphatic hydroxyl groups excluding tert-OH is 2. The molecule has 2 rings (SSSR count). The number of hydrogen-bond donors (Lipinski definition) is 2. The Kier molecular flexibility index (Phi) is 11.6. The van der Waals surface area contributed by atoms with E-state index in [1.165, 1.54) is 3.27 Å². The standard InChI is InChI=1S/C7H7O.C6H5Br.CH4O.Bi.2H/c8-6-7-4-2-1-3-5-7;7-6-4-2-1-3-5-6;1-2;;;/h2-5,8H,6H2;1-5H;2H,1H3;;;. The Labute approximate surface area is 132 Å². The fourth-order valence-electron chi connectivity index (χ4n) is 1.04. The van der Waals surface area contributed by atoms with Crippen LogP contribution in [0.2, 0.25) is 0 Å². The SMILES string of the molecule is Brc1ccccc1.CO.OCc1cc[c]([BiH2])cc1. The normalized spacial score (nSPS) is 8.50. The van der Waals surface area contributed by atoms with Crippen molar-refractivity contribution in [3.05, 3.63) is 64.6 Å². The molecule has 0 bridgehead atoms. The first-order valence-corrected chi connectivity index (χ1v) is 8.36. The molecule has 0 amide bonds. The van der Waals surface area contributed by atoms with Gasteiger partial charge in [0.25, 0.3) is 0 Å². The van der Waals surface area contributed by atoms with Gasteiger partial charge in [-0.15, -0.1) is 0 Å². The van der Waals surface area contributed by atoms with Gasteiger partial charge in [-0.1, -0.05) is 34.1 Å². The van der Waals surface area contributed by atoms with Crippen LogP contribution in [-0.4, -0.2) is 42.0 Å². The molecule has 2 N–H and O–H groups in total. The summed E-state index contributed by atoms with van der Waals surface area (Å²) >= 11 is 4.22. The molecule has 18 heavy (non-hydrogen) atoms. The van der Waals surface area contributed by atoms with Gasteiger partial charge in [-0.25, -0.2) is 0 Å². The average molecular weight is 507 g/mol. The summed E-state index contributed by atoms with van der Waals surface area (Å²) in [5.41, 5.74) is 0.999. The van der Waals surface area contributed by atoms with Crippen LogP contribution in [0.25, 0.3) is 0 Å². The minimum absolute atomic E-state index is 0.158. The maximum absolute atomic E-state index is 8.64. The molecule has 0 aliphatic rings. The molecule has 0 atom stereocenters. The zero-order valence-corrected chi connectivity index (χ0v) is 16.3. The molecule has 0 saturated heterocycles. The molecule has 0 saturated carbocycles. The van der Waals surface area contributed by atoms with Crippen molar-refractivity contribution in [2.75, 3.05) is 7.11 Å². The van der Waals surface area contributed by atoms with E-state index in [0.717, 1.165) is 41.9 Å². The van der Waals surface area contributed by atoms with Crippen LogP contribution in [0.1, 0.15) is 5.56 Å². The Balaban J connectivity index is 0.000000289. The molecular weight excluding hydrogens is 489 g/mol. The third-order valence-electron chi connectivity index (χ3n) is 1.90. The quantitative estimate of drug-likeness (QED) is 0.575. The van der Waals surface area contributed by atoms with Gasteiger partial charge in [-0.3, -0.25) is 0 Å². The van der Waals surface area contributed by atoms with Crippen LogP contribution in [-0.2, 0) is 6.61 Å². The molecule has 98 valence electrons. The fourth-order valence-corrected chi connectivity index (χ4v) is 2.09. The van der Waals surface area contributed by atoms with Gasteiger partial charge in [0, 0.05) is 11.6 Å². The second kappa shape index (κ2) is 11.8. The Bertz CT molecular complexity index is 404. The summed E-state index contributed by atoms with van der Waals surface area (Å²) in [5, 5.41) is 15.6. The molecule has 0 aliphatic carbocycles. The first kappa shape index (κ1) is 17.7. The first-order chi connectivity index (χ1) is 8.72. The fraction of sp³-hybridized carbons (Fsp3) is 0.143. The summed E-state index contributed by atoms with van der Waals surface area (Å²) in [6.45, 7) is 0.158. The van der Waals surface area contributed by atoms with Crippen molar-refractivity contribution in [3.63, 3.8) is 0 Å². The first-order valence-electron chi connectivity index (χ1n) is 5.33.